The molecular weight excluding hydrogens is 534 g/mol. The van der Waals surface area contributed by atoms with E-state index in [-0.39, 0.29) is 33.9 Å². The predicted molar refractivity (Wildman–Crippen MR) is 161 cm³/mol. The number of phenolic OH excluding ortho intramolecular Hbond substituents is 3. The van der Waals surface area contributed by atoms with Crippen LogP contribution in [0.25, 0.3) is 0 Å². The molecule has 1 aliphatic heterocycles. The van der Waals surface area contributed by atoms with E-state index in [0.717, 1.165) is 16.7 Å². The Hall–Kier alpha value is -4.05. The zero-order valence-electron chi connectivity index (χ0n) is 24.5. The van der Waals surface area contributed by atoms with Crippen LogP contribution in [-0.4, -0.2) is 88.1 Å². The minimum Gasteiger partial charge on any atom is -0.507 e. The van der Waals surface area contributed by atoms with E-state index in [0.29, 0.717) is 94.5 Å². The quantitative estimate of drug-likeness (QED) is 0.326. The summed E-state index contributed by atoms with van der Waals surface area (Å²) in [6, 6.07) is 10.7. The molecule has 0 amide bonds. The van der Waals surface area contributed by atoms with Crippen molar-refractivity contribution >= 4 is 18.9 Å². The Kier molecular flexibility index (Phi) is 10.1. The van der Waals surface area contributed by atoms with Crippen molar-refractivity contribution in [2.24, 2.45) is 0 Å². The fraction of sp³-hybridized carbons (Fsp3) is 0.364. The second kappa shape index (κ2) is 13.7. The monoisotopic (exact) mass is 573 g/mol. The Morgan fingerprint density at radius 1 is 0.500 bits per heavy atom. The van der Waals surface area contributed by atoms with E-state index in [2.05, 4.69) is 14.7 Å². The van der Waals surface area contributed by atoms with Gasteiger partial charge in [0.1, 0.15) is 17.2 Å². The first-order chi connectivity index (χ1) is 20.1. The van der Waals surface area contributed by atoms with Crippen LogP contribution < -0.4 is 0 Å². The van der Waals surface area contributed by atoms with Gasteiger partial charge in [-0.2, -0.15) is 0 Å². The number of phenols is 3. The zero-order chi connectivity index (χ0) is 30.4. The lowest BCUT2D eigenvalue weighted by Crippen LogP contribution is -2.35. The lowest BCUT2D eigenvalue weighted by Gasteiger charge is -2.26. The Morgan fingerprint density at radius 3 is 0.952 bits per heavy atom. The van der Waals surface area contributed by atoms with Gasteiger partial charge >= 0.3 is 0 Å². The maximum atomic E-state index is 11.5. The number of carbonyl (C=O) groups excluding carboxylic acids is 3. The van der Waals surface area contributed by atoms with Gasteiger partial charge in [0.05, 0.1) is 16.7 Å². The molecule has 0 unspecified atom stereocenters. The largest absolute Gasteiger partial charge is 0.507 e. The number of aromatic hydroxyl groups is 3. The molecule has 3 aromatic carbocycles. The highest BCUT2D eigenvalue weighted by Gasteiger charge is 2.21. The number of aryl methyl sites for hydroxylation is 3. The second-order valence-electron chi connectivity index (χ2n) is 11.3. The fourth-order valence-corrected chi connectivity index (χ4v) is 5.66. The highest BCUT2D eigenvalue weighted by atomic mass is 16.3. The first-order valence-electron chi connectivity index (χ1n) is 14.1. The van der Waals surface area contributed by atoms with Gasteiger partial charge in [-0.15, -0.1) is 0 Å². The van der Waals surface area contributed by atoms with Crippen LogP contribution in [0.4, 0.5) is 0 Å². The predicted octanol–water partition coefficient (Wildman–Crippen LogP) is 3.99. The van der Waals surface area contributed by atoms with Gasteiger partial charge in [0.2, 0.25) is 0 Å². The first-order valence-corrected chi connectivity index (χ1v) is 14.1. The van der Waals surface area contributed by atoms with Crippen LogP contribution in [-0.2, 0) is 19.6 Å². The molecule has 1 fully saturated rings. The average molecular weight is 574 g/mol. The van der Waals surface area contributed by atoms with E-state index in [4.69, 9.17) is 0 Å². The molecule has 3 aromatic rings. The molecule has 0 radical (unpaired) electrons. The molecule has 0 aromatic heterocycles. The molecule has 3 N–H and O–H groups in total. The van der Waals surface area contributed by atoms with Crippen LogP contribution >= 0.6 is 0 Å². The molecule has 222 valence electrons. The molecular formula is C33H39N3O6. The lowest BCUT2D eigenvalue weighted by atomic mass is 10.0. The van der Waals surface area contributed by atoms with Gasteiger partial charge in [-0.25, -0.2) is 0 Å². The molecule has 9 nitrogen and oxygen atoms in total. The third kappa shape index (κ3) is 7.42. The maximum Gasteiger partial charge on any atom is 0.153 e. The first kappa shape index (κ1) is 30.9. The van der Waals surface area contributed by atoms with Crippen LogP contribution in [0.15, 0.2) is 36.4 Å². The molecule has 0 atom stereocenters. The molecule has 0 aliphatic carbocycles. The highest BCUT2D eigenvalue weighted by Crippen LogP contribution is 2.28. The number of benzene rings is 3. The van der Waals surface area contributed by atoms with E-state index in [9.17, 15) is 29.7 Å². The summed E-state index contributed by atoms with van der Waals surface area (Å²) >= 11 is 0. The maximum absolute atomic E-state index is 11.5. The van der Waals surface area contributed by atoms with Gasteiger partial charge in [-0.1, -0.05) is 18.2 Å². The van der Waals surface area contributed by atoms with Gasteiger partial charge in [0, 0.05) is 75.6 Å². The number of hydrogen-bond acceptors (Lipinski definition) is 9. The highest BCUT2D eigenvalue weighted by molar-refractivity contribution is 5.81. The normalized spacial score (nSPS) is 15.5. The Balaban J connectivity index is 1.62. The summed E-state index contributed by atoms with van der Waals surface area (Å²) in [6.07, 6.45) is 1.99. The van der Waals surface area contributed by atoms with Crippen LogP contribution in [0.2, 0.25) is 0 Å². The Morgan fingerprint density at radius 2 is 0.738 bits per heavy atom. The van der Waals surface area contributed by atoms with Crippen molar-refractivity contribution in [1.82, 2.24) is 14.7 Å². The van der Waals surface area contributed by atoms with Crippen molar-refractivity contribution in [3.05, 3.63) is 86.5 Å². The smallest absolute Gasteiger partial charge is 0.153 e. The minimum atomic E-state index is -0.0127. The van der Waals surface area contributed by atoms with Crippen LogP contribution in [0.1, 0.15) is 64.5 Å². The van der Waals surface area contributed by atoms with Crippen LogP contribution in [0, 0.1) is 20.8 Å². The Bertz CT molecular complexity index is 1280. The summed E-state index contributed by atoms with van der Waals surface area (Å²) in [6.45, 7) is 11.0. The van der Waals surface area contributed by atoms with Gasteiger partial charge in [-0.3, -0.25) is 29.1 Å². The van der Waals surface area contributed by atoms with Gasteiger partial charge < -0.3 is 15.3 Å². The van der Waals surface area contributed by atoms with Crippen molar-refractivity contribution in [3.8, 4) is 17.2 Å². The van der Waals surface area contributed by atoms with Crippen molar-refractivity contribution < 1.29 is 29.7 Å². The molecule has 0 spiro atoms. The van der Waals surface area contributed by atoms with Crippen molar-refractivity contribution in [2.45, 2.75) is 40.4 Å². The van der Waals surface area contributed by atoms with E-state index < -0.39 is 0 Å². The summed E-state index contributed by atoms with van der Waals surface area (Å²) in [5.74, 6) is -0.0380. The average Bonchev–Trinajstić information content (AvgIpc) is 3.05. The number of nitrogens with zero attached hydrogens (tertiary/aromatic N) is 3. The molecule has 1 saturated heterocycles. The second-order valence-corrected chi connectivity index (χ2v) is 11.3. The van der Waals surface area contributed by atoms with E-state index in [1.165, 1.54) is 0 Å². The molecule has 9 heteroatoms. The molecule has 1 heterocycles. The van der Waals surface area contributed by atoms with E-state index in [1.54, 1.807) is 18.2 Å². The summed E-state index contributed by atoms with van der Waals surface area (Å²) < 4.78 is 0. The van der Waals surface area contributed by atoms with E-state index >= 15 is 0 Å². The molecule has 4 rings (SSSR count). The number of carbonyl (C=O) groups is 3. The summed E-state index contributed by atoms with van der Waals surface area (Å²) in [4.78, 5) is 41.2. The van der Waals surface area contributed by atoms with Crippen LogP contribution in [0.3, 0.4) is 0 Å². The van der Waals surface area contributed by atoms with Crippen molar-refractivity contribution in [2.75, 3.05) is 39.3 Å². The number of aldehydes is 3. The molecule has 42 heavy (non-hydrogen) atoms. The summed E-state index contributed by atoms with van der Waals surface area (Å²) in [7, 11) is 0. The Labute approximate surface area is 246 Å². The standard InChI is InChI=1S/C33H39N3O6/c1-22-10-25(31(40)28(13-22)19-37)16-34-4-6-35(17-26-11-23(2)14-29(20-38)32(26)41)8-9-36(7-5-34)18-27-12-24(3)15-30(21-39)33(27)42/h10-15,19-21,40-42H,4-9,16-18H2,1-3H3. The third-order valence-electron chi connectivity index (χ3n) is 7.85. The number of rotatable bonds is 9. The molecule has 1 aliphatic rings. The lowest BCUT2D eigenvalue weighted by molar-refractivity contribution is 0.111. The third-order valence-corrected chi connectivity index (χ3v) is 7.85. The van der Waals surface area contributed by atoms with Gasteiger partial charge in [0.15, 0.2) is 18.9 Å². The van der Waals surface area contributed by atoms with Gasteiger partial charge in [-0.05, 0) is 55.7 Å². The molecule has 0 bridgehead atoms. The zero-order valence-corrected chi connectivity index (χ0v) is 24.5. The SMILES string of the molecule is Cc1cc(C=O)c(O)c(CN2CCN(Cc3cc(C)cc(C=O)c3O)CCN(Cc3cc(C)cc(C=O)c3O)CC2)c1. The van der Waals surface area contributed by atoms with Crippen LogP contribution in [0.5, 0.6) is 17.2 Å². The van der Waals surface area contributed by atoms with Crippen molar-refractivity contribution in [1.29, 1.82) is 0 Å². The minimum absolute atomic E-state index is 0.0127. The summed E-state index contributed by atoms with van der Waals surface area (Å²) in [5, 5.41) is 32.2. The number of hydrogen-bond donors (Lipinski definition) is 3. The van der Waals surface area contributed by atoms with Gasteiger partial charge in [0.25, 0.3) is 0 Å². The summed E-state index contributed by atoms with van der Waals surface area (Å²) in [5.41, 5.74) is 5.48. The van der Waals surface area contributed by atoms with E-state index in [1.807, 2.05) is 39.0 Å². The van der Waals surface area contributed by atoms with Crippen molar-refractivity contribution in [3.63, 3.8) is 0 Å². The fourth-order valence-electron chi connectivity index (χ4n) is 5.66. The topological polar surface area (TPSA) is 122 Å². The molecule has 0 saturated carbocycles.